The summed E-state index contributed by atoms with van der Waals surface area (Å²) in [6, 6.07) is 17.3. The molecule has 0 fully saturated rings. The quantitative estimate of drug-likeness (QED) is 0.867. The molecule has 2 rings (SSSR count). The average Bonchev–Trinajstić information content (AvgIpc) is 2.53. The summed E-state index contributed by atoms with van der Waals surface area (Å²) in [6.45, 7) is 6.73. The fraction of sp³-hybridized carbons (Fsp3) is 0.316. The van der Waals surface area contributed by atoms with Crippen molar-refractivity contribution < 1.29 is 9.53 Å². The van der Waals surface area contributed by atoms with Gasteiger partial charge in [-0.3, -0.25) is 4.79 Å². The Labute approximate surface area is 132 Å². The van der Waals surface area contributed by atoms with Crippen molar-refractivity contribution in [3.8, 4) is 5.75 Å². The van der Waals surface area contributed by atoms with E-state index in [-0.39, 0.29) is 11.9 Å². The molecule has 1 atom stereocenters. The number of nitrogens with one attached hydrogen (secondary N) is 1. The summed E-state index contributed by atoms with van der Waals surface area (Å²) in [6.07, 6.45) is 0. The Bertz CT molecular complexity index is 608. The van der Waals surface area contributed by atoms with E-state index in [9.17, 15) is 4.79 Å². The predicted octanol–water partition coefficient (Wildman–Crippen LogP) is 4.21. The van der Waals surface area contributed by atoms with Crippen LogP contribution < -0.4 is 10.1 Å². The van der Waals surface area contributed by atoms with Crippen molar-refractivity contribution in [2.45, 2.75) is 26.8 Å². The van der Waals surface area contributed by atoms with Gasteiger partial charge in [0.1, 0.15) is 5.75 Å². The monoisotopic (exact) mass is 297 g/mol. The number of carbonyl (C=O) groups is 1. The van der Waals surface area contributed by atoms with Gasteiger partial charge in [0, 0.05) is 5.56 Å². The number of amides is 1. The van der Waals surface area contributed by atoms with E-state index in [1.807, 2.05) is 49.4 Å². The lowest BCUT2D eigenvalue weighted by atomic mass is 9.95. The highest BCUT2D eigenvalue weighted by Gasteiger charge is 2.19. The average molecular weight is 297 g/mol. The molecule has 0 aliphatic heterocycles. The molecule has 0 spiro atoms. The normalized spacial score (nSPS) is 12.0. The van der Waals surface area contributed by atoms with E-state index in [4.69, 9.17) is 4.74 Å². The Kier molecular flexibility index (Phi) is 5.59. The lowest BCUT2D eigenvalue weighted by Gasteiger charge is -2.23. The van der Waals surface area contributed by atoms with Gasteiger partial charge in [-0.25, -0.2) is 0 Å². The summed E-state index contributed by atoms with van der Waals surface area (Å²) < 4.78 is 5.45. The molecule has 2 aromatic rings. The molecule has 0 heterocycles. The summed E-state index contributed by atoms with van der Waals surface area (Å²) in [4.78, 5) is 12.5. The Hall–Kier alpha value is -2.29. The van der Waals surface area contributed by atoms with Gasteiger partial charge in [0.05, 0.1) is 12.6 Å². The van der Waals surface area contributed by atoms with E-state index in [1.54, 1.807) is 12.1 Å². The van der Waals surface area contributed by atoms with Crippen molar-refractivity contribution in [3.05, 3.63) is 65.7 Å². The van der Waals surface area contributed by atoms with Crippen LogP contribution in [0.1, 0.15) is 42.7 Å². The zero-order valence-corrected chi connectivity index (χ0v) is 13.4. The van der Waals surface area contributed by atoms with Gasteiger partial charge in [0.25, 0.3) is 5.91 Å². The molecular formula is C19H23NO2. The Morgan fingerprint density at radius 2 is 1.82 bits per heavy atom. The smallest absolute Gasteiger partial charge is 0.251 e. The standard InChI is InChI=1S/C19H23NO2/c1-4-22-17-12-8-11-16(13-17)19(21)20-18(14(2)3)15-9-6-5-7-10-15/h5-14,18H,4H2,1-3H3,(H,20,21)/t18-/m0/s1. The van der Waals surface area contributed by atoms with Crippen molar-refractivity contribution in [2.24, 2.45) is 5.92 Å². The highest BCUT2D eigenvalue weighted by molar-refractivity contribution is 5.94. The second kappa shape index (κ2) is 7.64. The fourth-order valence-electron chi connectivity index (χ4n) is 2.41. The Morgan fingerprint density at radius 3 is 2.45 bits per heavy atom. The molecule has 0 aromatic heterocycles. The molecular weight excluding hydrogens is 274 g/mol. The van der Waals surface area contributed by atoms with Crippen LogP contribution in [0.5, 0.6) is 5.75 Å². The minimum absolute atomic E-state index is 0.00977. The molecule has 22 heavy (non-hydrogen) atoms. The van der Waals surface area contributed by atoms with E-state index < -0.39 is 0 Å². The summed E-state index contributed by atoms with van der Waals surface area (Å²) in [5.41, 5.74) is 1.74. The van der Waals surface area contributed by atoms with Crippen LogP contribution in [0, 0.1) is 5.92 Å². The third-order valence-electron chi connectivity index (χ3n) is 3.52. The van der Waals surface area contributed by atoms with Crippen LogP contribution in [0.25, 0.3) is 0 Å². The maximum Gasteiger partial charge on any atom is 0.251 e. The van der Waals surface area contributed by atoms with E-state index in [1.165, 1.54) is 0 Å². The summed E-state index contributed by atoms with van der Waals surface area (Å²) >= 11 is 0. The Morgan fingerprint density at radius 1 is 1.09 bits per heavy atom. The van der Waals surface area contributed by atoms with Gasteiger partial charge in [0.15, 0.2) is 0 Å². The SMILES string of the molecule is CCOc1cccc(C(=O)N[C@H](c2ccccc2)C(C)C)c1. The maximum atomic E-state index is 12.5. The first kappa shape index (κ1) is 16.1. The van der Waals surface area contributed by atoms with E-state index >= 15 is 0 Å². The minimum Gasteiger partial charge on any atom is -0.494 e. The first-order valence-corrected chi connectivity index (χ1v) is 7.70. The Balaban J connectivity index is 2.16. The molecule has 3 heteroatoms. The molecule has 0 aliphatic rings. The third kappa shape index (κ3) is 4.10. The summed E-state index contributed by atoms with van der Waals surface area (Å²) in [5, 5.41) is 3.12. The second-order valence-corrected chi connectivity index (χ2v) is 5.57. The van der Waals surface area contributed by atoms with Crippen LogP contribution in [-0.2, 0) is 0 Å². The number of carbonyl (C=O) groups excluding carboxylic acids is 1. The number of hydrogen-bond acceptors (Lipinski definition) is 2. The summed E-state index contributed by atoms with van der Waals surface area (Å²) in [5.74, 6) is 0.946. The van der Waals surface area contributed by atoms with Crippen LogP contribution in [-0.4, -0.2) is 12.5 Å². The molecule has 1 N–H and O–H groups in total. The number of benzene rings is 2. The molecule has 2 aromatic carbocycles. The first-order chi connectivity index (χ1) is 10.6. The first-order valence-electron chi connectivity index (χ1n) is 7.70. The van der Waals surface area contributed by atoms with E-state index in [0.717, 1.165) is 11.3 Å². The van der Waals surface area contributed by atoms with Crippen molar-refractivity contribution in [3.63, 3.8) is 0 Å². The predicted molar refractivity (Wildman–Crippen MR) is 89.1 cm³/mol. The number of rotatable bonds is 6. The zero-order valence-electron chi connectivity index (χ0n) is 13.4. The number of hydrogen-bond donors (Lipinski definition) is 1. The van der Waals surface area contributed by atoms with Crippen LogP contribution >= 0.6 is 0 Å². The molecule has 0 radical (unpaired) electrons. The number of ether oxygens (including phenoxy) is 1. The molecule has 1 amide bonds. The van der Waals surface area contributed by atoms with Crippen LogP contribution in [0.15, 0.2) is 54.6 Å². The lowest BCUT2D eigenvalue weighted by Crippen LogP contribution is -2.31. The third-order valence-corrected chi connectivity index (χ3v) is 3.52. The van der Waals surface area contributed by atoms with Crippen molar-refractivity contribution in [1.82, 2.24) is 5.32 Å². The highest BCUT2D eigenvalue weighted by Crippen LogP contribution is 2.22. The second-order valence-electron chi connectivity index (χ2n) is 5.57. The van der Waals surface area contributed by atoms with Crippen molar-refractivity contribution in [2.75, 3.05) is 6.61 Å². The van der Waals surface area contributed by atoms with E-state index in [0.29, 0.717) is 18.1 Å². The van der Waals surface area contributed by atoms with Gasteiger partial charge in [-0.05, 0) is 36.6 Å². The van der Waals surface area contributed by atoms with E-state index in [2.05, 4.69) is 19.2 Å². The molecule has 3 nitrogen and oxygen atoms in total. The fourth-order valence-corrected chi connectivity index (χ4v) is 2.41. The van der Waals surface area contributed by atoms with Gasteiger partial charge >= 0.3 is 0 Å². The highest BCUT2D eigenvalue weighted by atomic mass is 16.5. The van der Waals surface area contributed by atoms with Gasteiger partial charge in [-0.2, -0.15) is 0 Å². The minimum atomic E-state index is -0.0795. The summed E-state index contributed by atoms with van der Waals surface area (Å²) in [7, 11) is 0. The molecule has 0 bridgehead atoms. The topological polar surface area (TPSA) is 38.3 Å². The molecule has 0 aliphatic carbocycles. The van der Waals surface area contributed by atoms with Gasteiger partial charge in [-0.15, -0.1) is 0 Å². The lowest BCUT2D eigenvalue weighted by molar-refractivity contribution is 0.0925. The molecule has 0 saturated heterocycles. The van der Waals surface area contributed by atoms with Gasteiger partial charge in [-0.1, -0.05) is 50.2 Å². The van der Waals surface area contributed by atoms with Crippen molar-refractivity contribution >= 4 is 5.91 Å². The molecule has 116 valence electrons. The van der Waals surface area contributed by atoms with Gasteiger partial charge < -0.3 is 10.1 Å². The van der Waals surface area contributed by atoms with Crippen LogP contribution in [0.2, 0.25) is 0 Å². The van der Waals surface area contributed by atoms with Crippen LogP contribution in [0.3, 0.4) is 0 Å². The molecule has 0 unspecified atom stereocenters. The maximum absolute atomic E-state index is 12.5. The largest absolute Gasteiger partial charge is 0.494 e. The zero-order chi connectivity index (χ0) is 15.9. The van der Waals surface area contributed by atoms with Gasteiger partial charge in [0.2, 0.25) is 0 Å². The molecule has 0 saturated carbocycles. The van der Waals surface area contributed by atoms with Crippen molar-refractivity contribution in [1.29, 1.82) is 0 Å². The van der Waals surface area contributed by atoms with Crippen LogP contribution in [0.4, 0.5) is 0 Å².